The first kappa shape index (κ1) is 22.8. The Labute approximate surface area is 206 Å². The minimum Gasteiger partial charge on any atom is -0.364 e. The highest BCUT2D eigenvalue weighted by Crippen LogP contribution is 2.41. The number of nitrogens with two attached hydrogens (primary N) is 1. The van der Waals surface area contributed by atoms with Gasteiger partial charge in [0, 0.05) is 31.3 Å². The third-order valence-corrected chi connectivity index (χ3v) is 7.18. The van der Waals surface area contributed by atoms with Crippen molar-refractivity contribution < 1.29 is 9.59 Å². The minimum absolute atomic E-state index is 0.0606. The molecular formula is C30H30N3O2+. The van der Waals surface area contributed by atoms with Crippen molar-refractivity contribution in [3.63, 3.8) is 0 Å². The number of aryl methyl sites for hydroxylation is 2. The molecule has 0 saturated carbocycles. The van der Waals surface area contributed by atoms with Gasteiger partial charge in [-0.25, -0.2) is 9.28 Å². The van der Waals surface area contributed by atoms with Gasteiger partial charge in [0.05, 0.1) is 12.1 Å². The zero-order valence-corrected chi connectivity index (χ0v) is 19.7. The topological polar surface area (TPSA) is 65.1 Å². The Balaban J connectivity index is 1.62. The molecule has 3 aromatic carbocycles. The summed E-state index contributed by atoms with van der Waals surface area (Å²) in [7, 11) is 0. The van der Waals surface area contributed by atoms with Crippen molar-refractivity contribution in [3.05, 3.63) is 120 Å². The summed E-state index contributed by atoms with van der Waals surface area (Å²) in [5.74, 6) is -0.491. The van der Waals surface area contributed by atoms with E-state index in [1.807, 2.05) is 95.8 Å². The molecule has 0 spiro atoms. The number of hydrogen-bond donors (Lipinski definition) is 1. The average Bonchev–Trinajstić information content (AvgIpc) is 3.59. The summed E-state index contributed by atoms with van der Waals surface area (Å²) in [5, 5.41) is 0. The monoisotopic (exact) mass is 464 g/mol. The molecule has 1 fully saturated rings. The molecule has 1 aromatic heterocycles. The summed E-state index contributed by atoms with van der Waals surface area (Å²) in [6.07, 6.45) is 6.85. The molecule has 0 aliphatic carbocycles. The predicted molar refractivity (Wildman–Crippen MR) is 139 cm³/mol. The predicted octanol–water partition coefficient (Wildman–Crippen LogP) is 5.06. The molecular weight excluding hydrogens is 434 g/mol. The second kappa shape index (κ2) is 9.72. The van der Waals surface area contributed by atoms with Crippen LogP contribution in [0.15, 0.2) is 103 Å². The number of quaternary nitrogens is 1. The van der Waals surface area contributed by atoms with Crippen LogP contribution in [0.1, 0.15) is 34.3 Å². The molecule has 2 amide bonds. The van der Waals surface area contributed by atoms with Crippen molar-refractivity contribution in [2.75, 3.05) is 6.54 Å². The van der Waals surface area contributed by atoms with E-state index in [0.717, 1.165) is 36.2 Å². The van der Waals surface area contributed by atoms with Crippen molar-refractivity contribution in [1.29, 1.82) is 0 Å². The number of aromatic nitrogens is 1. The molecule has 1 aliphatic rings. The Bertz CT molecular complexity index is 1330. The second-order valence-corrected chi connectivity index (χ2v) is 9.18. The number of nitrogens with zero attached hydrogens (tertiary/aromatic N) is 2. The van der Waals surface area contributed by atoms with E-state index in [1.54, 1.807) is 0 Å². The Kier molecular flexibility index (Phi) is 6.34. The fourth-order valence-corrected chi connectivity index (χ4v) is 5.51. The van der Waals surface area contributed by atoms with Crippen LogP contribution in [0.25, 0.3) is 5.69 Å². The van der Waals surface area contributed by atoms with Gasteiger partial charge in [0.2, 0.25) is 0 Å². The molecule has 2 N–H and O–H groups in total. The number of carbonyl (C=O) groups excluding carboxylic acids is 2. The van der Waals surface area contributed by atoms with Crippen LogP contribution >= 0.6 is 0 Å². The largest absolute Gasteiger partial charge is 0.364 e. The maximum Gasteiger partial charge on any atom is 0.351 e. The van der Waals surface area contributed by atoms with Crippen LogP contribution in [0.4, 0.5) is 5.69 Å². The number of benzene rings is 3. The average molecular weight is 465 g/mol. The minimum atomic E-state index is -0.610. The lowest BCUT2D eigenvalue weighted by Gasteiger charge is -2.37. The third-order valence-electron chi connectivity index (χ3n) is 7.18. The molecule has 2 atom stereocenters. The van der Waals surface area contributed by atoms with Gasteiger partial charge in [-0.05, 0) is 48.2 Å². The molecule has 2 heterocycles. The Morgan fingerprint density at radius 2 is 1.51 bits per heavy atom. The first-order chi connectivity index (χ1) is 17.1. The Morgan fingerprint density at radius 1 is 0.829 bits per heavy atom. The van der Waals surface area contributed by atoms with E-state index in [0.29, 0.717) is 18.5 Å². The quantitative estimate of drug-likeness (QED) is 0.389. The van der Waals surface area contributed by atoms with Gasteiger partial charge in [0.1, 0.15) is 5.69 Å². The number of rotatable bonds is 7. The summed E-state index contributed by atoms with van der Waals surface area (Å²) in [6.45, 7) is 0.539. The fourth-order valence-electron chi connectivity index (χ4n) is 5.51. The standard InChI is InChI=1S/C30H29N3O2/c31-29(34)28-17-10-22-33(28,27-16-7-6-15-26(27)32-20-8-9-21-32)30(35)25-14-5-4-13-24(25)19-18-23-11-2-1-3-12-23/h1-9,11-16,20-21,28H,10,17-19,22H2,(H-,31,34)/p+1/t28-,33?/m0/s1. The lowest BCUT2D eigenvalue weighted by molar-refractivity contribution is -0.121. The fraction of sp³-hybridized carbons (Fsp3) is 0.200. The van der Waals surface area contributed by atoms with Crippen LogP contribution in [0.3, 0.4) is 0 Å². The van der Waals surface area contributed by atoms with Gasteiger partial charge in [-0.1, -0.05) is 60.7 Å². The summed E-state index contributed by atoms with van der Waals surface area (Å²) in [5.41, 5.74) is 10.5. The molecule has 4 aromatic rings. The zero-order valence-electron chi connectivity index (χ0n) is 19.7. The maximum atomic E-state index is 14.6. The van der Waals surface area contributed by atoms with Crippen molar-refractivity contribution >= 4 is 17.5 Å². The van der Waals surface area contributed by atoms with Gasteiger partial charge in [-0.3, -0.25) is 4.79 Å². The zero-order chi connectivity index (χ0) is 24.3. The van der Waals surface area contributed by atoms with Crippen LogP contribution in [0.5, 0.6) is 0 Å². The van der Waals surface area contributed by atoms with Gasteiger partial charge >= 0.3 is 5.91 Å². The maximum absolute atomic E-state index is 14.6. The Morgan fingerprint density at radius 3 is 2.29 bits per heavy atom. The molecule has 5 nitrogen and oxygen atoms in total. The number of likely N-dealkylation sites (tertiary alicyclic amines) is 1. The summed E-state index contributed by atoms with van der Waals surface area (Å²) in [4.78, 5) is 27.4. The van der Waals surface area contributed by atoms with Crippen molar-refractivity contribution in [1.82, 2.24) is 9.05 Å². The molecule has 5 rings (SSSR count). The molecule has 0 radical (unpaired) electrons. The van der Waals surface area contributed by atoms with E-state index in [2.05, 4.69) is 12.1 Å². The molecule has 5 heteroatoms. The Hall–Kier alpha value is -3.96. The number of hydrogen-bond acceptors (Lipinski definition) is 2. The van der Waals surface area contributed by atoms with Gasteiger partial charge < -0.3 is 10.3 Å². The highest BCUT2D eigenvalue weighted by Gasteiger charge is 2.54. The number of amides is 2. The summed E-state index contributed by atoms with van der Waals surface area (Å²) >= 11 is 0. The van der Waals surface area contributed by atoms with Gasteiger partial charge in [0.25, 0.3) is 5.91 Å². The number of para-hydroxylation sites is 2. The van der Waals surface area contributed by atoms with E-state index in [-0.39, 0.29) is 10.4 Å². The van der Waals surface area contributed by atoms with Crippen LogP contribution < -0.4 is 10.2 Å². The summed E-state index contributed by atoms with van der Waals surface area (Å²) < 4.78 is 1.92. The highest BCUT2D eigenvalue weighted by atomic mass is 16.2. The third kappa shape index (κ3) is 4.19. The number of carbonyl (C=O) groups is 2. The smallest absolute Gasteiger partial charge is 0.351 e. The van der Waals surface area contributed by atoms with Crippen LogP contribution in [0, 0.1) is 0 Å². The molecule has 1 aliphatic heterocycles. The first-order valence-electron chi connectivity index (χ1n) is 12.2. The van der Waals surface area contributed by atoms with E-state index in [4.69, 9.17) is 5.73 Å². The summed E-state index contributed by atoms with van der Waals surface area (Å²) in [6, 6.07) is 29.3. The molecule has 0 bridgehead atoms. The molecule has 35 heavy (non-hydrogen) atoms. The van der Waals surface area contributed by atoms with Crippen molar-refractivity contribution in [2.24, 2.45) is 5.73 Å². The van der Waals surface area contributed by atoms with Crippen LogP contribution in [0.2, 0.25) is 0 Å². The van der Waals surface area contributed by atoms with Gasteiger partial charge in [0.15, 0.2) is 11.7 Å². The van der Waals surface area contributed by atoms with E-state index in [9.17, 15) is 9.59 Å². The van der Waals surface area contributed by atoms with Gasteiger partial charge in [-0.2, -0.15) is 0 Å². The lowest BCUT2D eigenvalue weighted by atomic mass is 9.97. The second-order valence-electron chi connectivity index (χ2n) is 9.18. The molecule has 176 valence electrons. The lowest BCUT2D eigenvalue weighted by Crippen LogP contribution is -2.62. The van der Waals surface area contributed by atoms with Crippen molar-refractivity contribution in [3.8, 4) is 5.69 Å². The highest BCUT2D eigenvalue weighted by molar-refractivity contribution is 6.08. The van der Waals surface area contributed by atoms with E-state index >= 15 is 0 Å². The van der Waals surface area contributed by atoms with Crippen LogP contribution in [-0.4, -0.2) is 29.0 Å². The normalized spacial score (nSPS) is 19.5. The molecule has 1 saturated heterocycles. The first-order valence-corrected chi connectivity index (χ1v) is 12.2. The van der Waals surface area contributed by atoms with Crippen LogP contribution in [-0.2, 0) is 17.6 Å². The number of primary amides is 1. The molecule has 1 unspecified atom stereocenters. The van der Waals surface area contributed by atoms with E-state index < -0.39 is 11.9 Å². The van der Waals surface area contributed by atoms with Gasteiger partial charge in [-0.15, -0.1) is 0 Å². The van der Waals surface area contributed by atoms with Crippen molar-refractivity contribution in [2.45, 2.75) is 31.7 Å². The van der Waals surface area contributed by atoms with E-state index in [1.165, 1.54) is 5.56 Å². The SMILES string of the molecule is NC(=O)[C@@H]1CCC[N+]1(C(=O)c1ccccc1CCc1ccccc1)c1ccccc1-n1cccc1.